The maximum Gasteiger partial charge on any atom is 0.311 e. The average Bonchev–Trinajstić information content (AvgIpc) is 2.66. The first-order valence-corrected chi connectivity index (χ1v) is 9.21. The van der Waals surface area contributed by atoms with Gasteiger partial charge in [0.2, 0.25) is 0 Å². The van der Waals surface area contributed by atoms with Crippen LogP contribution in [-0.4, -0.2) is 48.5 Å². The largest absolute Gasteiger partial charge is 0.490 e. The van der Waals surface area contributed by atoms with Crippen LogP contribution in [-0.2, 0) is 9.53 Å². The standard InChI is InChI=1S/C19H28N2O6/c1-4-6-7-8-12-20(13-11-18(22)27-5-2)19(23)15-9-10-17(26-3)16(14-15)21(24)25/h9-10,14H,4-8,11-13H2,1-3H3. The Labute approximate surface area is 159 Å². The van der Waals surface area contributed by atoms with E-state index in [2.05, 4.69) is 6.92 Å². The summed E-state index contributed by atoms with van der Waals surface area (Å²) in [6, 6.07) is 4.12. The van der Waals surface area contributed by atoms with Gasteiger partial charge < -0.3 is 14.4 Å². The van der Waals surface area contributed by atoms with Crippen molar-refractivity contribution in [1.82, 2.24) is 4.90 Å². The lowest BCUT2D eigenvalue weighted by atomic mass is 10.1. The van der Waals surface area contributed by atoms with Crippen LogP contribution in [0.2, 0.25) is 0 Å². The van der Waals surface area contributed by atoms with Crippen molar-refractivity contribution in [2.24, 2.45) is 0 Å². The molecule has 0 heterocycles. The summed E-state index contributed by atoms with van der Waals surface area (Å²) in [6.07, 6.45) is 4.00. The van der Waals surface area contributed by atoms with E-state index in [4.69, 9.17) is 9.47 Å². The molecule has 1 amide bonds. The summed E-state index contributed by atoms with van der Waals surface area (Å²) in [5.41, 5.74) is -0.0680. The second kappa shape index (κ2) is 11.9. The number of methoxy groups -OCH3 is 1. The number of carbonyl (C=O) groups excluding carboxylic acids is 2. The van der Waals surface area contributed by atoms with Gasteiger partial charge in [0, 0.05) is 24.7 Å². The third-order valence-corrected chi connectivity index (χ3v) is 4.08. The fourth-order valence-electron chi connectivity index (χ4n) is 2.65. The molecule has 8 nitrogen and oxygen atoms in total. The summed E-state index contributed by atoms with van der Waals surface area (Å²) < 4.78 is 9.89. The molecule has 0 atom stereocenters. The van der Waals surface area contributed by atoms with Gasteiger partial charge in [0.05, 0.1) is 25.1 Å². The fourth-order valence-corrected chi connectivity index (χ4v) is 2.65. The second-order valence-corrected chi connectivity index (χ2v) is 6.05. The predicted octanol–water partition coefficient (Wildman–Crippen LogP) is 3.58. The quantitative estimate of drug-likeness (QED) is 0.238. The Hall–Kier alpha value is -2.64. The third-order valence-electron chi connectivity index (χ3n) is 4.08. The Morgan fingerprint density at radius 2 is 1.89 bits per heavy atom. The van der Waals surface area contributed by atoms with Crippen LogP contribution in [0.1, 0.15) is 56.3 Å². The smallest absolute Gasteiger partial charge is 0.311 e. The summed E-state index contributed by atoms with van der Waals surface area (Å²) in [5.74, 6) is -0.622. The van der Waals surface area contributed by atoms with Gasteiger partial charge in [-0.05, 0) is 25.5 Å². The molecule has 0 saturated carbocycles. The molecule has 0 aliphatic heterocycles. The van der Waals surface area contributed by atoms with Gasteiger partial charge in [-0.3, -0.25) is 19.7 Å². The Balaban J connectivity index is 2.94. The first kappa shape index (κ1) is 22.4. The molecule has 0 spiro atoms. The Morgan fingerprint density at radius 1 is 1.15 bits per heavy atom. The van der Waals surface area contributed by atoms with Crippen LogP contribution >= 0.6 is 0 Å². The van der Waals surface area contributed by atoms with E-state index in [0.717, 1.165) is 25.7 Å². The van der Waals surface area contributed by atoms with E-state index in [1.165, 1.54) is 25.3 Å². The molecule has 0 fully saturated rings. The van der Waals surface area contributed by atoms with E-state index < -0.39 is 4.92 Å². The van der Waals surface area contributed by atoms with Gasteiger partial charge in [-0.1, -0.05) is 26.2 Å². The number of nitrogens with zero attached hydrogens (tertiary/aromatic N) is 2. The van der Waals surface area contributed by atoms with Gasteiger partial charge in [-0.25, -0.2) is 0 Å². The maximum absolute atomic E-state index is 12.9. The van der Waals surface area contributed by atoms with Crippen molar-refractivity contribution in [3.05, 3.63) is 33.9 Å². The molecule has 0 N–H and O–H groups in total. The van der Waals surface area contributed by atoms with Gasteiger partial charge in [-0.2, -0.15) is 0 Å². The van der Waals surface area contributed by atoms with Crippen LogP contribution in [0.25, 0.3) is 0 Å². The Bertz CT molecular complexity index is 647. The van der Waals surface area contributed by atoms with Crippen LogP contribution < -0.4 is 4.74 Å². The van der Waals surface area contributed by atoms with Crippen molar-refractivity contribution in [3.8, 4) is 5.75 Å². The molecule has 0 radical (unpaired) electrons. The lowest BCUT2D eigenvalue weighted by molar-refractivity contribution is -0.385. The SMILES string of the molecule is CCCCCCN(CCC(=O)OCC)C(=O)c1ccc(OC)c([N+](=O)[O-])c1. The van der Waals surface area contributed by atoms with Crippen LogP contribution in [0.4, 0.5) is 5.69 Å². The van der Waals surface area contributed by atoms with E-state index in [1.807, 2.05) is 0 Å². The van der Waals surface area contributed by atoms with Crippen molar-refractivity contribution >= 4 is 17.6 Å². The number of unbranched alkanes of at least 4 members (excludes halogenated alkanes) is 3. The molecule has 0 aliphatic rings. The average molecular weight is 380 g/mol. The first-order chi connectivity index (χ1) is 12.9. The number of benzene rings is 1. The predicted molar refractivity (Wildman–Crippen MR) is 101 cm³/mol. The number of esters is 1. The fraction of sp³-hybridized carbons (Fsp3) is 0.579. The van der Waals surface area contributed by atoms with Crippen molar-refractivity contribution in [2.45, 2.75) is 46.0 Å². The summed E-state index contributed by atoms with van der Waals surface area (Å²) >= 11 is 0. The minimum Gasteiger partial charge on any atom is -0.490 e. The number of rotatable bonds is 12. The number of nitro benzene ring substituents is 1. The Kier molecular flexibility index (Phi) is 9.85. The van der Waals surface area contributed by atoms with Crippen LogP contribution in [0, 0.1) is 10.1 Å². The highest BCUT2D eigenvalue weighted by molar-refractivity contribution is 5.95. The molecule has 0 aromatic heterocycles. The van der Waals surface area contributed by atoms with Crippen molar-refractivity contribution in [3.63, 3.8) is 0 Å². The van der Waals surface area contributed by atoms with E-state index >= 15 is 0 Å². The molecule has 1 rings (SSSR count). The highest BCUT2D eigenvalue weighted by atomic mass is 16.6. The number of carbonyl (C=O) groups is 2. The number of nitro groups is 1. The molecular formula is C19H28N2O6. The first-order valence-electron chi connectivity index (χ1n) is 9.21. The van der Waals surface area contributed by atoms with Gasteiger partial charge in [0.1, 0.15) is 0 Å². The molecule has 1 aromatic rings. The molecule has 0 aliphatic carbocycles. The van der Waals surface area contributed by atoms with Gasteiger partial charge in [0.25, 0.3) is 5.91 Å². The molecule has 0 unspecified atom stereocenters. The lowest BCUT2D eigenvalue weighted by Crippen LogP contribution is -2.34. The van der Waals surface area contributed by atoms with E-state index in [1.54, 1.807) is 11.8 Å². The van der Waals surface area contributed by atoms with Crippen LogP contribution in [0.5, 0.6) is 5.75 Å². The zero-order chi connectivity index (χ0) is 20.2. The summed E-state index contributed by atoms with van der Waals surface area (Å²) in [4.78, 5) is 36.7. The normalized spacial score (nSPS) is 10.3. The van der Waals surface area contributed by atoms with Crippen LogP contribution in [0.3, 0.4) is 0 Å². The molecule has 0 saturated heterocycles. The zero-order valence-corrected chi connectivity index (χ0v) is 16.2. The lowest BCUT2D eigenvalue weighted by Gasteiger charge is -2.22. The number of hydrogen-bond donors (Lipinski definition) is 0. The molecule has 8 heteroatoms. The zero-order valence-electron chi connectivity index (χ0n) is 16.2. The van der Waals surface area contributed by atoms with Crippen molar-refractivity contribution in [1.29, 1.82) is 0 Å². The molecule has 0 bridgehead atoms. The summed E-state index contributed by atoms with van der Waals surface area (Å²) in [5, 5.41) is 11.2. The molecule has 1 aromatic carbocycles. The number of hydrogen-bond acceptors (Lipinski definition) is 6. The van der Waals surface area contributed by atoms with Crippen LogP contribution in [0.15, 0.2) is 18.2 Å². The number of amides is 1. The second-order valence-electron chi connectivity index (χ2n) is 6.05. The van der Waals surface area contributed by atoms with E-state index in [-0.39, 0.29) is 48.4 Å². The Morgan fingerprint density at radius 3 is 2.48 bits per heavy atom. The van der Waals surface area contributed by atoms with E-state index in [0.29, 0.717) is 6.54 Å². The molecular weight excluding hydrogens is 352 g/mol. The van der Waals surface area contributed by atoms with Crippen molar-refractivity contribution in [2.75, 3.05) is 26.8 Å². The molecule has 27 heavy (non-hydrogen) atoms. The topological polar surface area (TPSA) is 99.0 Å². The number of ether oxygens (including phenoxy) is 2. The van der Waals surface area contributed by atoms with E-state index in [9.17, 15) is 19.7 Å². The highest BCUT2D eigenvalue weighted by Crippen LogP contribution is 2.28. The monoisotopic (exact) mass is 380 g/mol. The highest BCUT2D eigenvalue weighted by Gasteiger charge is 2.22. The van der Waals surface area contributed by atoms with Gasteiger partial charge >= 0.3 is 11.7 Å². The summed E-state index contributed by atoms with van der Waals surface area (Å²) in [6.45, 7) is 4.80. The minimum atomic E-state index is -0.584. The van der Waals surface area contributed by atoms with Gasteiger partial charge in [0.15, 0.2) is 5.75 Å². The van der Waals surface area contributed by atoms with Gasteiger partial charge in [-0.15, -0.1) is 0 Å². The minimum absolute atomic E-state index is 0.0889. The summed E-state index contributed by atoms with van der Waals surface area (Å²) in [7, 11) is 1.34. The van der Waals surface area contributed by atoms with Crippen molar-refractivity contribution < 1.29 is 24.0 Å². The molecule has 150 valence electrons. The third kappa shape index (κ3) is 7.24. The maximum atomic E-state index is 12.9.